The predicted octanol–water partition coefficient (Wildman–Crippen LogP) is 4.38. The zero-order valence-corrected chi connectivity index (χ0v) is 21.1. The smallest absolute Gasteiger partial charge is 0.161 e. The van der Waals surface area contributed by atoms with Gasteiger partial charge in [0, 0.05) is 25.5 Å². The van der Waals surface area contributed by atoms with Crippen LogP contribution in [0.4, 0.5) is 0 Å². The Hall–Kier alpha value is -3.03. The molecule has 4 rings (SSSR count). The molecule has 0 saturated carbocycles. The maximum absolute atomic E-state index is 11.2. The van der Waals surface area contributed by atoms with Crippen LogP contribution in [0.3, 0.4) is 0 Å². The van der Waals surface area contributed by atoms with Gasteiger partial charge in [0.25, 0.3) is 0 Å². The predicted molar refractivity (Wildman–Crippen MR) is 136 cm³/mol. The number of methoxy groups -OCH3 is 1. The number of hydrogen-bond acceptors (Lipinski definition) is 6. The van der Waals surface area contributed by atoms with Gasteiger partial charge < -0.3 is 19.3 Å². The molecular formula is C28H37N3O4. The molecule has 35 heavy (non-hydrogen) atoms. The van der Waals surface area contributed by atoms with Crippen LogP contribution >= 0.6 is 0 Å². The fraction of sp³-hybridized carbons (Fsp3) is 0.464. The van der Waals surface area contributed by atoms with E-state index in [9.17, 15) is 5.11 Å². The molecule has 0 unspecified atom stereocenters. The first-order valence-electron chi connectivity index (χ1n) is 12.4. The van der Waals surface area contributed by atoms with E-state index >= 15 is 0 Å². The van der Waals surface area contributed by atoms with Crippen LogP contribution in [0.2, 0.25) is 0 Å². The summed E-state index contributed by atoms with van der Waals surface area (Å²) in [6, 6.07) is 14.2. The van der Waals surface area contributed by atoms with Gasteiger partial charge in [-0.25, -0.2) is 0 Å². The van der Waals surface area contributed by atoms with Crippen LogP contribution in [0, 0.1) is 13.8 Å². The second-order valence-corrected chi connectivity index (χ2v) is 9.51. The van der Waals surface area contributed by atoms with Crippen molar-refractivity contribution in [2.24, 2.45) is 0 Å². The maximum Gasteiger partial charge on any atom is 0.161 e. The molecule has 0 amide bonds. The average Bonchev–Trinajstić information content (AvgIpc) is 3.29. The van der Waals surface area contributed by atoms with Crippen molar-refractivity contribution in [3.8, 4) is 17.2 Å². The Kier molecular flexibility index (Phi) is 8.31. The molecule has 1 aromatic heterocycles. The standard InChI is InChI=1S/C28H37N3O4/c1-22-6-8-25(23(2)18-22)35-21-28(32)10-4-13-30(15-11-28)20-24-7-9-26(27(19-24)33-3)34-17-16-31-14-5-12-29-31/h5-9,12,14,18-19,32H,4,10-11,13,15-17,20-21H2,1-3H3/t28-/m1/s1. The first-order valence-corrected chi connectivity index (χ1v) is 12.4. The summed E-state index contributed by atoms with van der Waals surface area (Å²) in [7, 11) is 1.67. The number of aliphatic hydroxyl groups is 1. The largest absolute Gasteiger partial charge is 0.493 e. The van der Waals surface area contributed by atoms with Gasteiger partial charge in [-0.2, -0.15) is 5.10 Å². The molecule has 1 fully saturated rings. The summed E-state index contributed by atoms with van der Waals surface area (Å²) in [5, 5.41) is 15.4. The van der Waals surface area contributed by atoms with E-state index in [4.69, 9.17) is 14.2 Å². The van der Waals surface area contributed by atoms with E-state index in [1.165, 1.54) is 11.1 Å². The second kappa shape index (κ2) is 11.6. The van der Waals surface area contributed by atoms with E-state index in [1.807, 2.05) is 48.1 Å². The van der Waals surface area contributed by atoms with Crippen LogP contribution in [-0.4, -0.2) is 58.8 Å². The Balaban J connectivity index is 1.29. The number of aryl methyl sites for hydroxylation is 2. The molecule has 1 atom stereocenters. The molecule has 2 aromatic carbocycles. The molecule has 0 aliphatic carbocycles. The van der Waals surface area contributed by atoms with Gasteiger partial charge in [0.2, 0.25) is 0 Å². The van der Waals surface area contributed by atoms with Crippen LogP contribution in [0.15, 0.2) is 54.9 Å². The topological polar surface area (TPSA) is 69.0 Å². The summed E-state index contributed by atoms with van der Waals surface area (Å²) in [6.07, 6.45) is 6.03. The SMILES string of the molecule is COc1cc(CN2CCC[C@](O)(COc3ccc(C)cc3C)CC2)ccc1OCCn1cccn1. The van der Waals surface area contributed by atoms with Gasteiger partial charge in [0.05, 0.1) is 19.3 Å². The maximum atomic E-state index is 11.2. The number of benzene rings is 2. The van der Waals surface area contributed by atoms with Crippen molar-refractivity contribution in [2.45, 2.75) is 51.8 Å². The molecule has 7 heteroatoms. The van der Waals surface area contributed by atoms with Gasteiger partial charge in [-0.05, 0) is 75.0 Å². The third-order valence-electron chi connectivity index (χ3n) is 6.61. The van der Waals surface area contributed by atoms with E-state index in [2.05, 4.69) is 29.1 Å². The normalized spacial score (nSPS) is 18.7. The monoisotopic (exact) mass is 479 g/mol. The van der Waals surface area contributed by atoms with Gasteiger partial charge in [-0.1, -0.05) is 23.8 Å². The molecule has 1 N–H and O–H groups in total. The Bertz CT molecular complexity index is 1090. The third kappa shape index (κ3) is 6.99. The van der Waals surface area contributed by atoms with Gasteiger partial charge in [-0.15, -0.1) is 0 Å². The minimum absolute atomic E-state index is 0.323. The fourth-order valence-corrected chi connectivity index (χ4v) is 4.58. The molecule has 1 saturated heterocycles. The van der Waals surface area contributed by atoms with E-state index in [0.29, 0.717) is 26.2 Å². The Morgan fingerprint density at radius 2 is 1.86 bits per heavy atom. The molecular weight excluding hydrogens is 442 g/mol. The van der Waals surface area contributed by atoms with E-state index < -0.39 is 5.60 Å². The highest BCUT2D eigenvalue weighted by Crippen LogP contribution is 2.30. The van der Waals surface area contributed by atoms with Crippen LogP contribution in [0.1, 0.15) is 36.0 Å². The third-order valence-corrected chi connectivity index (χ3v) is 6.61. The van der Waals surface area contributed by atoms with Gasteiger partial charge in [0.1, 0.15) is 19.0 Å². The first-order chi connectivity index (χ1) is 16.9. The number of hydrogen-bond donors (Lipinski definition) is 1. The Morgan fingerprint density at radius 1 is 1.00 bits per heavy atom. The van der Waals surface area contributed by atoms with Crippen LogP contribution in [0.5, 0.6) is 17.2 Å². The average molecular weight is 480 g/mol. The molecule has 2 heterocycles. The molecule has 7 nitrogen and oxygen atoms in total. The Morgan fingerprint density at radius 3 is 2.63 bits per heavy atom. The van der Waals surface area contributed by atoms with Crippen LogP contribution < -0.4 is 14.2 Å². The quantitative estimate of drug-likeness (QED) is 0.465. The molecule has 3 aromatic rings. The lowest BCUT2D eigenvalue weighted by atomic mass is 9.96. The number of rotatable bonds is 10. The molecule has 0 bridgehead atoms. The number of likely N-dealkylation sites (tertiary alicyclic amines) is 1. The molecule has 188 valence electrons. The van der Waals surface area contributed by atoms with Crippen molar-refractivity contribution >= 4 is 0 Å². The molecule has 0 spiro atoms. The lowest BCUT2D eigenvalue weighted by Crippen LogP contribution is -2.37. The lowest BCUT2D eigenvalue weighted by Gasteiger charge is -2.27. The number of aromatic nitrogens is 2. The highest BCUT2D eigenvalue weighted by Gasteiger charge is 2.31. The summed E-state index contributed by atoms with van der Waals surface area (Å²) in [5.41, 5.74) is 2.67. The lowest BCUT2D eigenvalue weighted by molar-refractivity contribution is -0.0170. The highest BCUT2D eigenvalue weighted by molar-refractivity contribution is 5.43. The Labute approximate surface area is 208 Å². The van der Waals surface area contributed by atoms with Crippen molar-refractivity contribution in [2.75, 3.05) is 33.4 Å². The second-order valence-electron chi connectivity index (χ2n) is 9.51. The van der Waals surface area contributed by atoms with Crippen molar-refractivity contribution in [1.82, 2.24) is 14.7 Å². The van der Waals surface area contributed by atoms with Gasteiger partial charge >= 0.3 is 0 Å². The summed E-state index contributed by atoms with van der Waals surface area (Å²) in [6.45, 7) is 8.21. The fourth-order valence-electron chi connectivity index (χ4n) is 4.58. The molecule has 1 aliphatic heterocycles. The summed E-state index contributed by atoms with van der Waals surface area (Å²) >= 11 is 0. The van der Waals surface area contributed by atoms with Crippen molar-refractivity contribution in [3.63, 3.8) is 0 Å². The minimum Gasteiger partial charge on any atom is -0.493 e. The van der Waals surface area contributed by atoms with Gasteiger partial charge in [-0.3, -0.25) is 9.58 Å². The highest BCUT2D eigenvalue weighted by atomic mass is 16.5. The summed E-state index contributed by atoms with van der Waals surface area (Å²) in [5.74, 6) is 2.32. The van der Waals surface area contributed by atoms with E-state index in [1.54, 1.807) is 13.3 Å². The first kappa shape index (κ1) is 25.1. The van der Waals surface area contributed by atoms with Crippen LogP contribution in [-0.2, 0) is 13.1 Å². The summed E-state index contributed by atoms with van der Waals surface area (Å²) in [4.78, 5) is 2.39. The van der Waals surface area contributed by atoms with E-state index in [-0.39, 0.29) is 0 Å². The molecule has 1 aliphatic rings. The molecule has 0 radical (unpaired) electrons. The zero-order chi connectivity index (χ0) is 24.7. The number of ether oxygens (including phenoxy) is 3. The minimum atomic E-state index is -0.809. The van der Waals surface area contributed by atoms with E-state index in [0.717, 1.165) is 55.3 Å². The van der Waals surface area contributed by atoms with Crippen LogP contribution in [0.25, 0.3) is 0 Å². The zero-order valence-electron chi connectivity index (χ0n) is 21.1. The van der Waals surface area contributed by atoms with Gasteiger partial charge in [0.15, 0.2) is 11.5 Å². The number of nitrogens with zero attached hydrogens (tertiary/aromatic N) is 3. The van der Waals surface area contributed by atoms with Crippen molar-refractivity contribution < 1.29 is 19.3 Å². The van der Waals surface area contributed by atoms with Crippen molar-refractivity contribution in [3.05, 3.63) is 71.5 Å². The summed E-state index contributed by atoms with van der Waals surface area (Å²) < 4.78 is 19.4. The van der Waals surface area contributed by atoms with Crippen molar-refractivity contribution in [1.29, 1.82) is 0 Å².